The normalized spacial score (nSPS) is 14.1. The van der Waals surface area contributed by atoms with Gasteiger partial charge in [-0.15, -0.1) is 11.8 Å². The van der Waals surface area contributed by atoms with Crippen molar-refractivity contribution in [2.45, 2.75) is 24.3 Å². The third kappa shape index (κ3) is 3.99. The van der Waals surface area contributed by atoms with Crippen molar-refractivity contribution >= 4 is 35.0 Å². The van der Waals surface area contributed by atoms with Crippen LogP contribution >= 0.6 is 24.0 Å². The van der Waals surface area contributed by atoms with Gasteiger partial charge in [-0.2, -0.15) is 0 Å². The Hall–Kier alpha value is -1.07. The van der Waals surface area contributed by atoms with Gasteiger partial charge in [0, 0.05) is 17.4 Å². The van der Waals surface area contributed by atoms with Crippen LogP contribution in [0.15, 0.2) is 29.2 Å². The minimum Gasteiger partial charge on any atom is -0.358 e. The van der Waals surface area contributed by atoms with Gasteiger partial charge in [0.25, 0.3) is 0 Å². The zero-order valence-electron chi connectivity index (χ0n) is 10.2. The molecule has 0 radical (unpaired) electrons. The highest BCUT2D eigenvalue weighted by Gasteiger charge is 2.29. The molecule has 1 fully saturated rings. The summed E-state index contributed by atoms with van der Waals surface area (Å²) in [5.74, 6) is 0.232. The molecule has 0 heterocycles. The first-order chi connectivity index (χ1) is 8.69. The van der Waals surface area contributed by atoms with Crippen molar-refractivity contribution in [2.75, 3.05) is 6.26 Å². The van der Waals surface area contributed by atoms with Crippen molar-refractivity contribution in [3.05, 3.63) is 29.8 Å². The first-order valence-corrected chi connectivity index (χ1v) is 7.54. The van der Waals surface area contributed by atoms with Crippen molar-refractivity contribution in [1.82, 2.24) is 10.6 Å². The Morgan fingerprint density at radius 1 is 1.39 bits per heavy atom. The van der Waals surface area contributed by atoms with Crippen LogP contribution in [0.25, 0.3) is 0 Å². The van der Waals surface area contributed by atoms with E-state index in [1.807, 2.05) is 0 Å². The molecule has 1 amide bonds. The smallest absolute Gasteiger partial charge is 0.229 e. The third-order valence-electron chi connectivity index (χ3n) is 2.80. The van der Waals surface area contributed by atoms with E-state index in [1.54, 1.807) is 11.8 Å². The van der Waals surface area contributed by atoms with Crippen LogP contribution in [0.5, 0.6) is 0 Å². The zero-order chi connectivity index (χ0) is 13.0. The summed E-state index contributed by atoms with van der Waals surface area (Å²) >= 11 is 6.80. The predicted octanol–water partition coefficient (Wildman–Crippen LogP) is 2.31. The monoisotopic (exact) mass is 280 g/mol. The molecule has 0 bridgehead atoms. The number of hydrogen-bond donors (Lipinski definition) is 2. The topological polar surface area (TPSA) is 41.1 Å². The van der Waals surface area contributed by atoms with E-state index in [0.717, 1.165) is 18.4 Å². The summed E-state index contributed by atoms with van der Waals surface area (Å²) in [5, 5.41) is 6.17. The molecule has 0 spiro atoms. The number of thioether (sulfide) groups is 1. The Morgan fingerprint density at radius 3 is 2.61 bits per heavy atom. The maximum Gasteiger partial charge on any atom is 0.229 e. The number of rotatable bonds is 4. The number of hydrogen-bond acceptors (Lipinski definition) is 3. The molecule has 0 unspecified atom stereocenters. The molecule has 1 aromatic carbocycles. The van der Waals surface area contributed by atoms with Crippen molar-refractivity contribution in [1.29, 1.82) is 0 Å². The van der Waals surface area contributed by atoms with Crippen LogP contribution < -0.4 is 10.6 Å². The van der Waals surface area contributed by atoms with E-state index in [2.05, 4.69) is 41.2 Å². The van der Waals surface area contributed by atoms with Crippen LogP contribution in [-0.4, -0.2) is 17.3 Å². The molecule has 96 valence electrons. The molecule has 5 heteroatoms. The van der Waals surface area contributed by atoms with E-state index in [1.165, 1.54) is 4.90 Å². The molecule has 1 saturated carbocycles. The van der Waals surface area contributed by atoms with Crippen molar-refractivity contribution in [2.24, 2.45) is 5.92 Å². The van der Waals surface area contributed by atoms with Gasteiger partial charge in [-0.05, 0) is 49.0 Å². The fourth-order valence-corrected chi connectivity index (χ4v) is 2.11. The number of thiocarbonyl (C=S) groups is 1. The standard InChI is InChI=1S/C13H16N2OS2/c1-18-11-6-2-9(3-7-11)8-14-13(17)15-12(16)10-4-5-10/h2-3,6-7,10H,4-5,8H2,1H3,(H2,14,15,16,17). The van der Waals surface area contributed by atoms with E-state index in [4.69, 9.17) is 12.2 Å². The minimum absolute atomic E-state index is 0.0465. The van der Waals surface area contributed by atoms with Crippen LogP contribution in [0.3, 0.4) is 0 Å². The molecule has 0 aromatic heterocycles. The van der Waals surface area contributed by atoms with Crippen molar-refractivity contribution < 1.29 is 4.79 Å². The van der Waals surface area contributed by atoms with Gasteiger partial charge in [0.2, 0.25) is 5.91 Å². The summed E-state index contributed by atoms with van der Waals surface area (Å²) < 4.78 is 0. The Labute approximate surface area is 117 Å². The van der Waals surface area contributed by atoms with Gasteiger partial charge in [0.15, 0.2) is 5.11 Å². The van der Waals surface area contributed by atoms with E-state index in [0.29, 0.717) is 11.7 Å². The number of benzene rings is 1. The number of nitrogens with one attached hydrogen (secondary N) is 2. The molecule has 3 nitrogen and oxygen atoms in total. The van der Waals surface area contributed by atoms with Gasteiger partial charge in [-0.3, -0.25) is 4.79 Å². The Bertz CT molecular complexity index is 441. The summed E-state index contributed by atoms with van der Waals surface area (Å²) in [7, 11) is 0. The molecule has 1 aliphatic carbocycles. The summed E-state index contributed by atoms with van der Waals surface area (Å²) in [6.07, 6.45) is 4.03. The van der Waals surface area contributed by atoms with Gasteiger partial charge >= 0.3 is 0 Å². The van der Waals surface area contributed by atoms with Gasteiger partial charge < -0.3 is 10.6 Å². The largest absolute Gasteiger partial charge is 0.358 e. The summed E-state index contributed by atoms with van der Waals surface area (Å²) in [6, 6.07) is 8.27. The highest BCUT2D eigenvalue weighted by molar-refractivity contribution is 7.98. The van der Waals surface area contributed by atoms with Crippen molar-refractivity contribution in [3.8, 4) is 0 Å². The summed E-state index contributed by atoms with van der Waals surface area (Å²) in [4.78, 5) is 12.7. The lowest BCUT2D eigenvalue weighted by Crippen LogP contribution is -2.39. The Balaban J connectivity index is 1.75. The maximum atomic E-state index is 11.5. The van der Waals surface area contributed by atoms with Gasteiger partial charge in [0.1, 0.15) is 0 Å². The average Bonchev–Trinajstić information content (AvgIpc) is 3.21. The highest BCUT2D eigenvalue weighted by Crippen LogP contribution is 2.28. The maximum absolute atomic E-state index is 11.5. The summed E-state index contributed by atoms with van der Waals surface area (Å²) in [5.41, 5.74) is 1.15. The lowest BCUT2D eigenvalue weighted by Gasteiger charge is -2.09. The SMILES string of the molecule is CSc1ccc(CNC(=S)NC(=O)C2CC2)cc1. The molecule has 18 heavy (non-hydrogen) atoms. The fraction of sp³-hybridized carbons (Fsp3) is 0.385. The second-order valence-corrected chi connectivity index (χ2v) is 5.58. The quantitative estimate of drug-likeness (QED) is 0.656. The van der Waals surface area contributed by atoms with Gasteiger partial charge in [-0.1, -0.05) is 12.1 Å². The molecular formula is C13H16N2OS2. The molecule has 1 aliphatic rings. The lowest BCUT2D eigenvalue weighted by atomic mass is 10.2. The van der Waals surface area contributed by atoms with Crippen LogP contribution in [0.4, 0.5) is 0 Å². The fourth-order valence-electron chi connectivity index (χ4n) is 1.53. The molecular weight excluding hydrogens is 264 g/mol. The third-order valence-corrected chi connectivity index (χ3v) is 3.79. The number of carbonyl (C=O) groups is 1. The summed E-state index contributed by atoms with van der Waals surface area (Å²) in [6.45, 7) is 0.637. The second-order valence-electron chi connectivity index (χ2n) is 4.29. The highest BCUT2D eigenvalue weighted by atomic mass is 32.2. The zero-order valence-corrected chi connectivity index (χ0v) is 11.9. The molecule has 0 saturated heterocycles. The Morgan fingerprint density at radius 2 is 2.06 bits per heavy atom. The molecule has 2 N–H and O–H groups in total. The van der Waals surface area contributed by atoms with Gasteiger partial charge in [0.05, 0.1) is 0 Å². The minimum atomic E-state index is 0.0465. The lowest BCUT2D eigenvalue weighted by molar-refractivity contribution is -0.120. The molecule has 0 atom stereocenters. The van der Waals surface area contributed by atoms with Crippen LogP contribution in [0.1, 0.15) is 18.4 Å². The second kappa shape index (κ2) is 6.20. The molecule has 1 aromatic rings. The average molecular weight is 280 g/mol. The van der Waals surface area contributed by atoms with Crippen molar-refractivity contribution in [3.63, 3.8) is 0 Å². The van der Waals surface area contributed by atoms with E-state index in [9.17, 15) is 4.79 Å². The first kappa shape index (κ1) is 13.4. The first-order valence-electron chi connectivity index (χ1n) is 5.90. The van der Waals surface area contributed by atoms with Gasteiger partial charge in [-0.25, -0.2) is 0 Å². The Kier molecular flexibility index (Phi) is 4.60. The van der Waals surface area contributed by atoms with Crippen LogP contribution in [0.2, 0.25) is 0 Å². The van der Waals surface area contributed by atoms with E-state index in [-0.39, 0.29) is 11.8 Å². The van der Waals surface area contributed by atoms with E-state index < -0.39 is 0 Å². The van der Waals surface area contributed by atoms with Crippen LogP contribution in [-0.2, 0) is 11.3 Å². The van der Waals surface area contributed by atoms with E-state index >= 15 is 0 Å². The number of carbonyl (C=O) groups excluding carboxylic acids is 1. The number of amides is 1. The van der Waals surface area contributed by atoms with Crippen LogP contribution in [0, 0.1) is 5.92 Å². The molecule has 2 rings (SSSR count). The molecule has 0 aliphatic heterocycles. The predicted molar refractivity (Wildman–Crippen MR) is 78.5 cm³/mol.